The highest BCUT2D eigenvalue weighted by atomic mass is 19.3. The van der Waals surface area contributed by atoms with Gasteiger partial charge in [0.25, 0.3) is 0 Å². The molecule has 1 nitrogen and oxygen atoms in total. The number of halogens is 2. The van der Waals surface area contributed by atoms with Gasteiger partial charge in [0.15, 0.2) is 0 Å². The van der Waals surface area contributed by atoms with Gasteiger partial charge in [-0.15, -0.1) is 0 Å². The maximum Gasteiger partial charge on any atom is 0.357 e. The van der Waals surface area contributed by atoms with Gasteiger partial charge in [-0.05, 0) is 12.1 Å². The Morgan fingerprint density at radius 3 is 2.44 bits per heavy atom. The molecule has 0 saturated heterocycles. The Morgan fingerprint density at radius 2 is 2.11 bits per heavy atom. The smallest absolute Gasteiger partial charge is 0.255 e. The zero-order chi connectivity index (χ0) is 6.69. The van der Waals surface area contributed by atoms with E-state index in [-0.39, 0.29) is 5.69 Å². The van der Waals surface area contributed by atoms with Crippen molar-refractivity contribution in [1.29, 1.82) is 0 Å². The topological polar surface area (TPSA) is 12.9 Å². The molecule has 1 rings (SSSR count). The molecule has 47 valence electrons. The van der Waals surface area contributed by atoms with Crippen LogP contribution >= 0.6 is 0 Å². The highest BCUT2D eigenvalue weighted by Crippen LogP contribution is 2.12. The molecule has 1 heterocycles. The number of nitrogens with zero attached hydrogens (tertiary/aromatic N) is 1. The first-order chi connectivity index (χ1) is 4.30. The van der Waals surface area contributed by atoms with Gasteiger partial charge < -0.3 is 0 Å². The lowest BCUT2D eigenvalue weighted by Crippen LogP contribution is -1.86. The van der Waals surface area contributed by atoms with Crippen LogP contribution in [0.4, 0.5) is 8.78 Å². The minimum Gasteiger partial charge on any atom is -0.255 e. The van der Waals surface area contributed by atoms with E-state index >= 15 is 0 Å². The third kappa shape index (κ3) is 1.45. The molecule has 0 spiro atoms. The summed E-state index contributed by atoms with van der Waals surface area (Å²) in [5.41, 5.74) is -0.252. The van der Waals surface area contributed by atoms with Crippen molar-refractivity contribution < 1.29 is 8.78 Å². The summed E-state index contributed by atoms with van der Waals surface area (Å²) in [6, 6.07) is 4.36. The van der Waals surface area contributed by atoms with Crippen LogP contribution in [-0.4, -0.2) is 4.98 Å². The van der Waals surface area contributed by atoms with Gasteiger partial charge in [-0.25, -0.2) is 0 Å². The number of hydrogen-bond donors (Lipinski definition) is 0. The van der Waals surface area contributed by atoms with Crippen LogP contribution in [0.5, 0.6) is 0 Å². The third-order valence-electron chi connectivity index (χ3n) is 0.859. The van der Waals surface area contributed by atoms with Gasteiger partial charge in [0, 0.05) is 6.20 Å². The lowest BCUT2D eigenvalue weighted by atomic mass is 10.4. The maximum atomic E-state index is 11.6. The molecule has 0 aliphatic heterocycles. The molecule has 0 bridgehead atoms. The van der Waals surface area contributed by atoms with E-state index < -0.39 is 6.43 Å². The van der Waals surface area contributed by atoms with Crippen molar-refractivity contribution in [3.63, 3.8) is 0 Å². The molecule has 1 radical (unpaired) electrons. The fraction of sp³-hybridized carbons (Fsp3) is 0. The minimum atomic E-state index is -1.74. The summed E-state index contributed by atoms with van der Waals surface area (Å²) in [5.74, 6) is 0. The van der Waals surface area contributed by atoms with E-state index in [1.54, 1.807) is 6.07 Å². The molecule has 0 unspecified atom stereocenters. The Kier molecular flexibility index (Phi) is 1.72. The normalized spacial score (nSPS) is 10.1. The zero-order valence-electron chi connectivity index (χ0n) is 4.51. The highest BCUT2D eigenvalue weighted by molar-refractivity contribution is 5.12. The minimum absolute atomic E-state index is 0.252. The molecule has 0 aliphatic carbocycles. The van der Waals surface area contributed by atoms with Gasteiger partial charge >= 0.3 is 6.43 Å². The molecular weight excluding hydrogens is 124 g/mol. The van der Waals surface area contributed by atoms with Crippen molar-refractivity contribution in [3.8, 4) is 0 Å². The molecule has 0 aromatic carbocycles. The third-order valence-corrected chi connectivity index (χ3v) is 0.859. The van der Waals surface area contributed by atoms with Gasteiger partial charge in [-0.3, -0.25) is 4.98 Å². The van der Waals surface area contributed by atoms with Crippen molar-refractivity contribution in [2.24, 2.45) is 0 Å². The molecular formula is C6H4F2N. The molecule has 9 heavy (non-hydrogen) atoms. The van der Waals surface area contributed by atoms with Gasteiger partial charge in [-0.1, -0.05) is 6.07 Å². The molecule has 0 fully saturated rings. The van der Waals surface area contributed by atoms with E-state index in [1.807, 2.05) is 0 Å². The molecule has 1 aromatic heterocycles. The zero-order valence-corrected chi connectivity index (χ0v) is 4.51. The second-order valence-electron chi connectivity index (χ2n) is 1.48. The quantitative estimate of drug-likeness (QED) is 0.562. The number of rotatable bonds is 1. The van der Waals surface area contributed by atoms with Crippen molar-refractivity contribution in [3.05, 3.63) is 36.5 Å². The molecule has 0 atom stereocenters. The van der Waals surface area contributed by atoms with Gasteiger partial charge in [0.05, 0.1) is 0 Å². The first kappa shape index (κ1) is 6.13. The van der Waals surface area contributed by atoms with Crippen LogP contribution in [0, 0.1) is 6.43 Å². The van der Waals surface area contributed by atoms with E-state index in [0.29, 0.717) is 0 Å². The number of hydrogen-bond acceptors (Lipinski definition) is 1. The number of pyridine rings is 1. The molecule has 3 heteroatoms. The fourth-order valence-electron chi connectivity index (χ4n) is 0.475. The maximum absolute atomic E-state index is 11.6. The molecule has 0 amide bonds. The molecule has 0 N–H and O–H groups in total. The average Bonchev–Trinajstić information content (AvgIpc) is 1.90. The summed E-state index contributed by atoms with van der Waals surface area (Å²) in [6.45, 7) is 0. The van der Waals surface area contributed by atoms with Crippen LogP contribution in [0.25, 0.3) is 0 Å². The van der Waals surface area contributed by atoms with Crippen LogP contribution < -0.4 is 0 Å². The second kappa shape index (κ2) is 2.53. The van der Waals surface area contributed by atoms with Crippen LogP contribution in [0.1, 0.15) is 5.69 Å². The Labute approximate surface area is 51.3 Å². The van der Waals surface area contributed by atoms with Gasteiger partial charge in [-0.2, -0.15) is 8.78 Å². The SMILES string of the molecule is F[C](F)c1ccccn1. The summed E-state index contributed by atoms with van der Waals surface area (Å²) >= 11 is 0. The highest BCUT2D eigenvalue weighted by Gasteiger charge is 2.08. The first-order valence-electron chi connectivity index (χ1n) is 2.40. The number of aromatic nitrogens is 1. The molecule has 1 aromatic rings. The van der Waals surface area contributed by atoms with Crippen LogP contribution in [-0.2, 0) is 0 Å². The van der Waals surface area contributed by atoms with Crippen molar-refractivity contribution >= 4 is 0 Å². The van der Waals surface area contributed by atoms with Crippen LogP contribution in [0.2, 0.25) is 0 Å². The first-order valence-corrected chi connectivity index (χ1v) is 2.40. The van der Waals surface area contributed by atoms with Crippen molar-refractivity contribution in [1.82, 2.24) is 4.98 Å². The largest absolute Gasteiger partial charge is 0.357 e. The van der Waals surface area contributed by atoms with E-state index in [9.17, 15) is 8.78 Å². The van der Waals surface area contributed by atoms with Gasteiger partial charge in [0.1, 0.15) is 5.69 Å². The van der Waals surface area contributed by atoms with E-state index in [0.717, 1.165) is 0 Å². The Hall–Kier alpha value is -0.990. The summed E-state index contributed by atoms with van der Waals surface area (Å²) in [7, 11) is 0. The van der Waals surface area contributed by atoms with Crippen LogP contribution in [0.15, 0.2) is 24.4 Å². The van der Waals surface area contributed by atoms with E-state index in [1.165, 1.54) is 18.3 Å². The predicted octanol–water partition coefficient (Wildman–Crippen LogP) is 1.86. The summed E-state index contributed by atoms with van der Waals surface area (Å²) in [6.07, 6.45) is -0.412. The lowest BCUT2D eigenvalue weighted by molar-refractivity contribution is 0.319. The van der Waals surface area contributed by atoms with Gasteiger partial charge in [0.2, 0.25) is 0 Å². The monoisotopic (exact) mass is 128 g/mol. The van der Waals surface area contributed by atoms with E-state index in [4.69, 9.17) is 0 Å². The molecule has 0 aliphatic rings. The standard InChI is InChI=1S/C6H4F2N/c7-6(8)5-3-1-2-4-9-5/h1-4H. The average molecular weight is 128 g/mol. The summed E-state index contributed by atoms with van der Waals surface area (Å²) in [5, 5.41) is 0. The molecule has 0 saturated carbocycles. The van der Waals surface area contributed by atoms with Crippen LogP contribution in [0.3, 0.4) is 0 Å². The Morgan fingerprint density at radius 1 is 1.33 bits per heavy atom. The Bertz CT molecular complexity index is 174. The van der Waals surface area contributed by atoms with Crippen molar-refractivity contribution in [2.75, 3.05) is 0 Å². The van der Waals surface area contributed by atoms with Crippen molar-refractivity contribution in [2.45, 2.75) is 0 Å². The second-order valence-corrected chi connectivity index (χ2v) is 1.48. The Balaban J connectivity index is 2.85. The van der Waals surface area contributed by atoms with E-state index in [2.05, 4.69) is 4.98 Å². The summed E-state index contributed by atoms with van der Waals surface area (Å²) < 4.78 is 23.2. The lowest BCUT2D eigenvalue weighted by Gasteiger charge is -1.91. The summed E-state index contributed by atoms with van der Waals surface area (Å²) in [4.78, 5) is 3.39. The fourth-order valence-corrected chi connectivity index (χ4v) is 0.475. The predicted molar refractivity (Wildman–Crippen MR) is 28.8 cm³/mol.